The van der Waals surface area contributed by atoms with E-state index >= 15 is 0 Å². The zero-order valence-corrected chi connectivity index (χ0v) is 24.8. The predicted octanol–water partition coefficient (Wildman–Crippen LogP) is 4.77. The molecular formula is C32H25Cl2N3O8. The van der Waals surface area contributed by atoms with Crippen LogP contribution >= 0.6 is 23.2 Å². The molecule has 45 heavy (non-hydrogen) atoms. The van der Waals surface area contributed by atoms with Crippen molar-refractivity contribution in [3.05, 3.63) is 112 Å². The van der Waals surface area contributed by atoms with E-state index in [1.807, 2.05) is 42.5 Å². The number of carboxylic acid groups (broad SMARTS) is 1. The van der Waals surface area contributed by atoms with Gasteiger partial charge in [-0.1, -0.05) is 83.9 Å². The summed E-state index contributed by atoms with van der Waals surface area (Å²) in [5.74, 6) is -3.28. The molecule has 0 bridgehead atoms. The van der Waals surface area contributed by atoms with Crippen LogP contribution in [0, 0.1) is 0 Å². The van der Waals surface area contributed by atoms with E-state index in [9.17, 15) is 24.3 Å². The number of para-hydroxylation sites is 1. The lowest BCUT2D eigenvalue weighted by Gasteiger charge is -2.20. The molecule has 5 rings (SSSR count). The van der Waals surface area contributed by atoms with Crippen LogP contribution in [0.25, 0.3) is 11.1 Å². The van der Waals surface area contributed by atoms with Crippen LogP contribution < -0.4 is 15.4 Å². The van der Waals surface area contributed by atoms with Crippen molar-refractivity contribution in [2.24, 2.45) is 0 Å². The molecule has 3 aromatic carbocycles. The summed E-state index contributed by atoms with van der Waals surface area (Å²) in [5, 5.41) is 15.1. The molecule has 2 heterocycles. The van der Waals surface area contributed by atoms with Crippen LogP contribution in [0.3, 0.4) is 0 Å². The molecule has 230 valence electrons. The largest absolute Gasteiger partial charge is 0.480 e. The molecule has 1 saturated heterocycles. The van der Waals surface area contributed by atoms with Gasteiger partial charge >= 0.3 is 11.9 Å². The second-order valence-electron chi connectivity index (χ2n) is 9.83. The zero-order valence-electron chi connectivity index (χ0n) is 23.3. The minimum absolute atomic E-state index is 0.0291. The van der Waals surface area contributed by atoms with E-state index in [1.54, 1.807) is 24.3 Å². The van der Waals surface area contributed by atoms with Crippen LogP contribution in [0.5, 0.6) is 5.75 Å². The van der Waals surface area contributed by atoms with Gasteiger partial charge in [0.1, 0.15) is 28.9 Å². The fourth-order valence-electron chi connectivity index (χ4n) is 4.58. The topological polar surface area (TPSA) is 153 Å². The van der Waals surface area contributed by atoms with Gasteiger partial charge in [0.25, 0.3) is 11.8 Å². The third kappa shape index (κ3) is 8.02. The highest BCUT2D eigenvalue weighted by atomic mass is 35.5. The van der Waals surface area contributed by atoms with Gasteiger partial charge in [-0.2, -0.15) is 0 Å². The van der Waals surface area contributed by atoms with Gasteiger partial charge in [0.15, 0.2) is 12.2 Å². The van der Waals surface area contributed by atoms with Crippen molar-refractivity contribution in [1.29, 1.82) is 0 Å². The summed E-state index contributed by atoms with van der Waals surface area (Å²) in [6.07, 6.45) is -2.81. The highest BCUT2D eigenvalue weighted by Crippen LogP contribution is 2.28. The number of benzene rings is 3. The second kappa shape index (κ2) is 14.3. The van der Waals surface area contributed by atoms with E-state index in [2.05, 4.69) is 15.6 Å². The van der Waals surface area contributed by atoms with Crippen molar-refractivity contribution in [2.45, 2.75) is 24.7 Å². The molecule has 0 spiro atoms. The summed E-state index contributed by atoms with van der Waals surface area (Å²) in [7, 11) is 0. The molecule has 1 aliphatic rings. The van der Waals surface area contributed by atoms with Gasteiger partial charge in [0, 0.05) is 17.7 Å². The number of anilines is 1. The highest BCUT2D eigenvalue weighted by Gasteiger charge is 2.42. The lowest BCUT2D eigenvalue weighted by atomic mass is 10.0. The number of carboxylic acids is 1. The van der Waals surface area contributed by atoms with E-state index in [0.717, 1.165) is 11.1 Å². The Balaban J connectivity index is 1.21. The van der Waals surface area contributed by atoms with Crippen LogP contribution in [0.15, 0.2) is 91.0 Å². The minimum atomic E-state index is -1.38. The lowest BCUT2D eigenvalue weighted by Crippen LogP contribution is -2.51. The number of nitrogens with zero attached hydrogens (tertiary/aromatic N) is 1. The fraction of sp³-hybridized carbons (Fsp3) is 0.156. The molecular weight excluding hydrogens is 625 g/mol. The molecule has 3 unspecified atom stereocenters. The van der Waals surface area contributed by atoms with Crippen LogP contribution in [0.1, 0.15) is 15.9 Å². The maximum Gasteiger partial charge on any atom is 0.343 e. The lowest BCUT2D eigenvalue weighted by molar-refractivity contribution is -0.144. The van der Waals surface area contributed by atoms with E-state index in [0.29, 0.717) is 11.3 Å². The molecule has 0 aliphatic carbocycles. The standard InChI is InChI=1S/C32H25Cl2N3O8/c33-25-15-20(16-26(34)37-25)32(42)45-21-12-10-18(11-13-21)14-24(31(40)41)36-30(39)28-27(43-17-44-28)29(38)35-23-9-5-4-8-22(23)19-6-2-1-3-7-19/h1-13,15-16,24,27-28H,14,17H2,(H,35,38)(H,36,39)(H,40,41). The van der Waals surface area contributed by atoms with Gasteiger partial charge in [-0.05, 0) is 41.5 Å². The number of aliphatic carboxylic acids is 1. The Hall–Kier alpha value is -4.81. The number of halogens is 2. The van der Waals surface area contributed by atoms with Crippen molar-refractivity contribution in [3.8, 4) is 16.9 Å². The Morgan fingerprint density at radius 3 is 2.16 bits per heavy atom. The van der Waals surface area contributed by atoms with E-state index < -0.39 is 42.0 Å². The van der Waals surface area contributed by atoms with Crippen LogP contribution in [0.4, 0.5) is 5.69 Å². The summed E-state index contributed by atoms with van der Waals surface area (Å²) in [5.41, 5.74) is 2.78. The number of hydrogen-bond donors (Lipinski definition) is 3. The number of amides is 2. The molecule has 0 radical (unpaired) electrons. The van der Waals surface area contributed by atoms with E-state index in [-0.39, 0.29) is 34.8 Å². The Labute approximate surface area is 267 Å². The molecule has 3 atom stereocenters. The van der Waals surface area contributed by atoms with E-state index in [1.165, 1.54) is 24.3 Å². The number of carbonyl (C=O) groups excluding carboxylic acids is 3. The molecule has 0 saturated carbocycles. The monoisotopic (exact) mass is 649 g/mol. The Kier molecular flexibility index (Phi) is 10.1. The Morgan fingerprint density at radius 2 is 1.49 bits per heavy atom. The number of rotatable bonds is 10. The van der Waals surface area contributed by atoms with Gasteiger partial charge in [-0.15, -0.1) is 0 Å². The number of nitrogens with one attached hydrogen (secondary N) is 2. The first kappa shape index (κ1) is 31.6. The maximum atomic E-state index is 13.2. The zero-order chi connectivity index (χ0) is 31.9. The molecule has 4 aromatic rings. The summed E-state index contributed by atoms with van der Waals surface area (Å²) in [6, 6.07) is 23.9. The van der Waals surface area contributed by atoms with Crippen molar-refractivity contribution >= 4 is 52.6 Å². The quantitative estimate of drug-likeness (QED) is 0.125. The Morgan fingerprint density at radius 1 is 0.867 bits per heavy atom. The van der Waals surface area contributed by atoms with E-state index in [4.69, 9.17) is 37.4 Å². The normalized spacial score (nSPS) is 16.4. The van der Waals surface area contributed by atoms with Crippen LogP contribution in [-0.2, 0) is 30.3 Å². The SMILES string of the molecule is O=C(Oc1ccc(CC(NC(=O)C2OCOC2C(=O)Nc2ccccc2-c2ccccc2)C(=O)O)cc1)c1cc(Cl)nc(Cl)c1. The molecule has 13 heteroatoms. The van der Waals surface area contributed by atoms with Gasteiger partial charge in [0.05, 0.1) is 5.56 Å². The van der Waals surface area contributed by atoms with Crippen molar-refractivity contribution in [1.82, 2.24) is 10.3 Å². The smallest absolute Gasteiger partial charge is 0.343 e. The Bertz CT molecular complexity index is 1700. The molecule has 1 fully saturated rings. The van der Waals surface area contributed by atoms with Crippen molar-refractivity contribution in [3.63, 3.8) is 0 Å². The number of aromatic nitrogens is 1. The van der Waals surface area contributed by atoms with Gasteiger partial charge in [0.2, 0.25) is 0 Å². The number of esters is 1. The highest BCUT2D eigenvalue weighted by molar-refractivity contribution is 6.33. The van der Waals surface area contributed by atoms with Gasteiger partial charge in [-0.3, -0.25) is 9.59 Å². The first-order valence-corrected chi connectivity index (χ1v) is 14.3. The molecule has 2 amide bonds. The molecule has 1 aliphatic heterocycles. The van der Waals surface area contributed by atoms with Gasteiger partial charge < -0.3 is 30.0 Å². The predicted molar refractivity (Wildman–Crippen MR) is 164 cm³/mol. The summed E-state index contributed by atoms with van der Waals surface area (Å²) < 4.78 is 16.1. The third-order valence-electron chi connectivity index (χ3n) is 6.74. The molecule has 1 aromatic heterocycles. The molecule has 11 nitrogen and oxygen atoms in total. The first-order chi connectivity index (χ1) is 21.7. The maximum absolute atomic E-state index is 13.2. The second-order valence-corrected chi connectivity index (χ2v) is 10.6. The average molecular weight is 650 g/mol. The minimum Gasteiger partial charge on any atom is -0.480 e. The fourth-order valence-corrected chi connectivity index (χ4v) is 5.04. The van der Waals surface area contributed by atoms with Crippen LogP contribution in [0.2, 0.25) is 10.3 Å². The van der Waals surface area contributed by atoms with Crippen LogP contribution in [-0.4, -0.2) is 58.9 Å². The number of carbonyl (C=O) groups is 4. The number of pyridine rings is 1. The summed E-state index contributed by atoms with van der Waals surface area (Å²) >= 11 is 11.7. The summed E-state index contributed by atoms with van der Waals surface area (Å²) in [6.45, 7) is -0.327. The van der Waals surface area contributed by atoms with Crippen molar-refractivity contribution in [2.75, 3.05) is 12.1 Å². The molecule has 3 N–H and O–H groups in total. The third-order valence-corrected chi connectivity index (χ3v) is 7.13. The average Bonchev–Trinajstić information content (AvgIpc) is 3.52. The first-order valence-electron chi connectivity index (χ1n) is 13.5. The number of hydrogen-bond acceptors (Lipinski definition) is 8. The summed E-state index contributed by atoms with van der Waals surface area (Å²) in [4.78, 5) is 54.6. The van der Waals surface area contributed by atoms with Gasteiger partial charge in [-0.25, -0.2) is 14.6 Å². The van der Waals surface area contributed by atoms with Crippen molar-refractivity contribution < 1.29 is 38.5 Å². The number of ether oxygens (including phenoxy) is 3.